The van der Waals surface area contributed by atoms with E-state index in [2.05, 4.69) is 26.6 Å². The molecule has 2 amide bonds. The summed E-state index contributed by atoms with van der Waals surface area (Å²) in [5.74, 6) is 0. The van der Waals surface area contributed by atoms with Crippen molar-refractivity contribution in [1.29, 1.82) is 0 Å². The summed E-state index contributed by atoms with van der Waals surface area (Å²) >= 11 is 3.39. The summed E-state index contributed by atoms with van der Waals surface area (Å²) in [6, 6.07) is 17.0. The number of amides is 2. The van der Waals surface area contributed by atoms with Gasteiger partial charge in [0.15, 0.2) is 0 Å². The third kappa shape index (κ3) is 3.89. The highest BCUT2D eigenvalue weighted by molar-refractivity contribution is 9.10. The number of hydrogen-bond acceptors (Lipinski definition) is 1. The Morgan fingerprint density at radius 3 is 2.56 bits per heavy atom. The Bertz CT molecular complexity index is 528. The predicted molar refractivity (Wildman–Crippen MR) is 76.4 cm³/mol. The van der Waals surface area contributed by atoms with Crippen LogP contribution in [0.25, 0.3) is 0 Å². The zero-order valence-corrected chi connectivity index (χ0v) is 11.3. The molecule has 0 atom stereocenters. The number of carbonyl (C=O) groups is 1. The second kappa shape index (κ2) is 6.21. The van der Waals surface area contributed by atoms with Crippen LogP contribution in [0.1, 0.15) is 5.56 Å². The molecule has 0 aliphatic heterocycles. The zero-order chi connectivity index (χ0) is 12.8. The van der Waals surface area contributed by atoms with Crippen LogP contribution in [0.3, 0.4) is 0 Å². The quantitative estimate of drug-likeness (QED) is 0.890. The molecule has 2 aromatic rings. The third-order valence-electron chi connectivity index (χ3n) is 2.37. The van der Waals surface area contributed by atoms with Gasteiger partial charge in [-0.1, -0.05) is 46.3 Å². The summed E-state index contributed by atoms with van der Waals surface area (Å²) in [4.78, 5) is 11.6. The van der Waals surface area contributed by atoms with Gasteiger partial charge >= 0.3 is 6.03 Å². The summed E-state index contributed by atoms with van der Waals surface area (Å²) in [6.45, 7) is 0.498. The number of para-hydroxylation sites is 1. The number of hydrogen-bond donors (Lipinski definition) is 2. The van der Waals surface area contributed by atoms with Crippen molar-refractivity contribution in [2.24, 2.45) is 0 Å². The highest BCUT2D eigenvalue weighted by atomic mass is 79.9. The minimum atomic E-state index is -0.207. The lowest BCUT2D eigenvalue weighted by atomic mass is 10.2. The molecule has 0 aliphatic carbocycles. The van der Waals surface area contributed by atoms with Crippen LogP contribution in [0.2, 0.25) is 0 Å². The van der Waals surface area contributed by atoms with Gasteiger partial charge in [0.1, 0.15) is 0 Å². The molecule has 0 saturated heterocycles. The van der Waals surface area contributed by atoms with Crippen molar-refractivity contribution in [3.63, 3.8) is 0 Å². The molecular formula is C14H13BrN2O. The van der Waals surface area contributed by atoms with E-state index in [0.29, 0.717) is 6.54 Å². The average molecular weight is 305 g/mol. The van der Waals surface area contributed by atoms with Crippen LogP contribution in [-0.4, -0.2) is 6.03 Å². The van der Waals surface area contributed by atoms with Crippen LogP contribution in [0.4, 0.5) is 10.5 Å². The standard InChI is InChI=1S/C14H13BrN2O/c15-12-6-4-5-11(9-12)10-16-14(18)17-13-7-2-1-3-8-13/h1-9H,10H2,(H2,16,17,18). The van der Waals surface area contributed by atoms with Gasteiger partial charge in [0.25, 0.3) is 0 Å². The Kier molecular flexibility index (Phi) is 4.36. The number of halogens is 1. The number of urea groups is 1. The van der Waals surface area contributed by atoms with Gasteiger partial charge in [-0.2, -0.15) is 0 Å². The first-order valence-corrected chi connectivity index (χ1v) is 6.38. The fourth-order valence-electron chi connectivity index (χ4n) is 1.53. The van der Waals surface area contributed by atoms with Gasteiger partial charge in [0.2, 0.25) is 0 Å². The van der Waals surface area contributed by atoms with Crippen molar-refractivity contribution in [1.82, 2.24) is 5.32 Å². The van der Waals surface area contributed by atoms with Crippen LogP contribution in [-0.2, 0) is 6.54 Å². The molecule has 0 unspecified atom stereocenters. The molecule has 0 heterocycles. The van der Waals surface area contributed by atoms with Crippen LogP contribution in [0.5, 0.6) is 0 Å². The maximum atomic E-state index is 11.6. The lowest BCUT2D eigenvalue weighted by Crippen LogP contribution is -2.28. The van der Waals surface area contributed by atoms with Crippen molar-refractivity contribution >= 4 is 27.6 Å². The van der Waals surface area contributed by atoms with Gasteiger partial charge in [-0.15, -0.1) is 0 Å². The smallest absolute Gasteiger partial charge is 0.319 e. The van der Waals surface area contributed by atoms with Gasteiger partial charge in [0.05, 0.1) is 0 Å². The van der Waals surface area contributed by atoms with Crippen LogP contribution >= 0.6 is 15.9 Å². The van der Waals surface area contributed by atoms with Gasteiger partial charge in [-0.25, -0.2) is 4.79 Å². The van der Waals surface area contributed by atoms with E-state index >= 15 is 0 Å². The highest BCUT2D eigenvalue weighted by Crippen LogP contribution is 2.11. The molecule has 0 aliphatic rings. The molecule has 2 aromatic carbocycles. The lowest BCUT2D eigenvalue weighted by Gasteiger charge is -2.07. The molecule has 2 N–H and O–H groups in total. The Hall–Kier alpha value is -1.81. The summed E-state index contributed by atoms with van der Waals surface area (Å²) in [5.41, 5.74) is 1.83. The molecule has 2 rings (SSSR count). The van der Waals surface area contributed by atoms with Gasteiger partial charge < -0.3 is 10.6 Å². The Morgan fingerprint density at radius 2 is 1.83 bits per heavy atom. The first kappa shape index (κ1) is 12.6. The maximum absolute atomic E-state index is 11.6. The zero-order valence-electron chi connectivity index (χ0n) is 9.69. The van der Waals surface area contributed by atoms with Crippen molar-refractivity contribution in [2.75, 3.05) is 5.32 Å². The van der Waals surface area contributed by atoms with Gasteiger partial charge in [-0.05, 0) is 29.8 Å². The molecule has 0 fully saturated rings. The van der Waals surface area contributed by atoms with E-state index < -0.39 is 0 Å². The number of anilines is 1. The van der Waals surface area contributed by atoms with Crippen molar-refractivity contribution in [3.05, 3.63) is 64.6 Å². The van der Waals surface area contributed by atoms with E-state index in [1.54, 1.807) is 0 Å². The van der Waals surface area contributed by atoms with Crippen LogP contribution in [0, 0.1) is 0 Å². The summed E-state index contributed by atoms with van der Waals surface area (Å²) in [6.07, 6.45) is 0. The molecule has 0 radical (unpaired) electrons. The normalized spacial score (nSPS) is 9.83. The molecule has 18 heavy (non-hydrogen) atoms. The van der Waals surface area contributed by atoms with Crippen molar-refractivity contribution < 1.29 is 4.79 Å². The number of nitrogens with one attached hydrogen (secondary N) is 2. The Balaban J connectivity index is 1.85. The summed E-state index contributed by atoms with van der Waals surface area (Å²) < 4.78 is 1.00. The van der Waals surface area contributed by atoms with Gasteiger partial charge in [-0.3, -0.25) is 0 Å². The van der Waals surface area contributed by atoms with E-state index in [-0.39, 0.29) is 6.03 Å². The second-order valence-electron chi connectivity index (χ2n) is 3.80. The second-order valence-corrected chi connectivity index (χ2v) is 4.72. The average Bonchev–Trinajstić information content (AvgIpc) is 2.38. The first-order valence-electron chi connectivity index (χ1n) is 5.58. The van der Waals surface area contributed by atoms with E-state index in [9.17, 15) is 4.79 Å². The summed E-state index contributed by atoms with van der Waals surface area (Å²) in [5, 5.41) is 5.57. The largest absolute Gasteiger partial charge is 0.334 e. The highest BCUT2D eigenvalue weighted by Gasteiger charge is 2.01. The molecule has 4 heteroatoms. The number of benzene rings is 2. The fraction of sp³-hybridized carbons (Fsp3) is 0.0714. The number of rotatable bonds is 3. The number of carbonyl (C=O) groups excluding carboxylic acids is 1. The maximum Gasteiger partial charge on any atom is 0.319 e. The van der Waals surface area contributed by atoms with Crippen LogP contribution in [0.15, 0.2) is 59.1 Å². The molecule has 0 bridgehead atoms. The molecule has 0 saturated carbocycles. The monoisotopic (exact) mass is 304 g/mol. The fourth-order valence-corrected chi connectivity index (χ4v) is 1.97. The first-order chi connectivity index (χ1) is 8.74. The molecule has 3 nitrogen and oxygen atoms in total. The van der Waals surface area contributed by atoms with Crippen molar-refractivity contribution in [2.45, 2.75) is 6.54 Å². The van der Waals surface area contributed by atoms with E-state index in [1.165, 1.54) is 0 Å². The van der Waals surface area contributed by atoms with E-state index in [1.807, 2.05) is 54.6 Å². The predicted octanol–water partition coefficient (Wildman–Crippen LogP) is 3.77. The van der Waals surface area contributed by atoms with E-state index in [4.69, 9.17) is 0 Å². The Morgan fingerprint density at radius 1 is 1.06 bits per heavy atom. The summed E-state index contributed by atoms with van der Waals surface area (Å²) in [7, 11) is 0. The molecule has 0 aromatic heterocycles. The SMILES string of the molecule is O=C(NCc1cccc(Br)c1)Nc1ccccc1. The molecular weight excluding hydrogens is 292 g/mol. The topological polar surface area (TPSA) is 41.1 Å². The van der Waals surface area contributed by atoms with Crippen molar-refractivity contribution in [3.8, 4) is 0 Å². The van der Waals surface area contributed by atoms with Crippen LogP contribution < -0.4 is 10.6 Å². The Labute approximate surface area is 114 Å². The minimum absolute atomic E-state index is 0.207. The molecule has 92 valence electrons. The lowest BCUT2D eigenvalue weighted by molar-refractivity contribution is 0.251. The van der Waals surface area contributed by atoms with Gasteiger partial charge in [0, 0.05) is 16.7 Å². The third-order valence-corrected chi connectivity index (χ3v) is 2.87. The molecule has 0 spiro atoms. The minimum Gasteiger partial charge on any atom is -0.334 e. The van der Waals surface area contributed by atoms with E-state index in [0.717, 1.165) is 15.7 Å².